The lowest BCUT2D eigenvalue weighted by Gasteiger charge is -2.37. The van der Waals surface area contributed by atoms with E-state index in [4.69, 9.17) is 0 Å². The summed E-state index contributed by atoms with van der Waals surface area (Å²) in [6, 6.07) is 36.2. The van der Waals surface area contributed by atoms with Gasteiger partial charge in [0.25, 0.3) is 0 Å². The molecule has 0 atom stereocenters. The van der Waals surface area contributed by atoms with Gasteiger partial charge >= 0.3 is 0 Å². The summed E-state index contributed by atoms with van der Waals surface area (Å²) in [6.45, 7) is 13.8. The molecule has 4 aromatic rings. The van der Waals surface area contributed by atoms with Crippen LogP contribution in [0.4, 0.5) is 0 Å². The zero-order valence-electron chi connectivity index (χ0n) is 21.3. The van der Waals surface area contributed by atoms with Gasteiger partial charge in [-0.15, -0.1) is 0 Å². The van der Waals surface area contributed by atoms with Crippen LogP contribution in [0.25, 0.3) is 0 Å². The lowest BCUT2D eigenvalue weighted by atomic mass is 9.66. The molecule has 0 radical (unpaired) electrons. The van der Waals surface area contributed by atoms with Crippen molar-refractivity contribution < 1.29 is 5.11 Å². The van der Waals surface area contributed by atoms with Crippen LogP contribution in [0.5, 0.6) is 5.75 Å². The van der Waals surface area contributed by atoms with Gasteiger partial charge in [0.1, 0.15) is 5.75 Å². The highest BCUT2D eigenvalue weighted by Crippen LogP contribution is 2.44. The average Bonchev–Trinajstić information content (AvgIpc) is 2.85. The summed E-state index contributed by atoms with van der Waals surface area (Å²) in [7, 11) is 0. The molecule has 0 aliphatic heterocycles. The van der Waals surface area contributed by atoms with E-state index in [9.17, 15) is 5.11 Å². The molecule has 0 aliphatic carbocycles. The van der Waals surface area contributed by atoms with E-state index in [1.54, 1.807) is 12.1 Å². The second-order valence-electron chi connectivity index (χ2n) is 10.9. The van der Waals surface area contributed by atoms with E-state index in [0.29, 0.717) is 5.75 Å². The van der Waals surface area contributed by atoms with Gasteiger partial charge in [0.2, 0.25) is 0 Å². The normalized spacial score (nSPS) is 12.5. The molecule has 1 N–H and O–H groups in total. The molecule has 0 fully saturated rings. The first kappa shape index (κ1) is 23.8. The van der Waals surface area contributed by atoms with E-state index in [2.05, 4.69) is 120 Å². The van der Waals surface area contributed by atoms with E-state index < -0.39 is 0 Å². The molecule has 0 unspecified atom stereocenters. The smallest absolute Gasteiger partial charge is 0.115 e. The maximum Gasteiger partial charge on any atom is 0.115 e. The molecule has 0 spiro atoms. The topological polar surface area (TPSA) is 20.2 Å². The number of hydrogen-bond acceptors (Lipinski definition) is 1. The van der Waals surface area contributed by atoms with Crippen LogP contribution < -0.4 is 0 Å². The standard InChI is InChI=1S/C33H36O/c1-31(2,26-17-20-28(34)21-18-26)27-19-22-29(32(3,4)24-13-9-7-10-14-24)30(23-27)33(5,6)25-15-11-8-12-16-25/h7-23,34H,1-6H3. The molecule has 0 aliphatic rings. The summed E-state index contributed by atoms with van der Waals surface area (Å²) >= 11 is 0. The molecular weight excluding hydrogens is 412 g/mol. The van der Waals surface area contributed by atoms with E-state index >= 15 is 0 Å². The molecule has 4 aromatic carbocycles. The Bertz CT molecular complexity index is 1250. The molecule has 174 valence electrons. The Hall–Kier alpha value is -3.32. The Morgan fingerprint density at radius 3 is 1.32 bits per heavy atom. The third-order valence-electron chi connectivity index (χ3n) is 7.67. The van der Waals surface area contributed by atoms with Crippen LogP contribution in [0.15, 0.2) is 103 Å². The summed E-state index contributed by atoms with van der Waals surface area (Å²) in [5.74, 6) is 0.297. The Morgan fingerprint density at radius 2 is 0.824 bits per heavy atom. The van der Waals surface area contributed by atoms with Crippen molar-refractivity contribution >= 4 is 0 Å². The largest absolute Gasteiger partial charge is 0.508 e. The van der Waals surface area contributed by atoms with Gasteiger partial charge in [-0.25, -0.2) is 0 Å². The maximum absolute atomic E-state index is 9.80. The van der Waals surface area contributed by atoms with E-state index in [0.717, 1.165) is 0 Å². The summed E-state index contributed by atoms with van der Waals surface area (Å²) in [6.07, 6.45) is 0. The molecule has 1 nitrogen and oxygen atoms in total. The first-order chi connectivity index (χ1) is 16.0. The van der Waals surface area contributed by atoms with Crippen LogP contribution in [0.2, 0.25) is 0 Å². The number of phenolic OH excluding ortho intramolecular Hbond substituents is 1. The van der Waals surface area contributed by atoms with Gasteiger partial charge in [-0.3, -0.25) is 0 Å². The lowest BCUT2D eigenvalue weighted by Crippen LogP contribution is -2.29. The molecule has 0 saturated heterocycles. The van der Waals surface area contributed by atoms with Crippen molar-refractivity contribution in [3.8, 4) is 5.75 Å². The third-order valence-corrected chi connectivity index (χ3v) is 7.67. The fourth-order valence-electron chi connectivity index (χ4n) is 5.06. The van der Waals surface area contributed by atoms with Crippen molar-refractivity contribution in [3.05, 3.63) is 137 Å². The minimum absolute atomic E-state index is 0.149. The highest BCUT2D eigenvalue weighted by Gasteiger charge is 2.35. The van der Waals surface area contributed by atoms with Crippen molar-refractivity contribution in [1.82, 2.24) is 0 Å². The average molecular weight is 449 g/mol. The van der Waals surface area contributed by atoms with Crippen molar-refractivity contribution in [1.29, 1.82) is 0 Å². The predicted octanol–water partition coefficient (Wildman–Crippen LogP) is 8.37. The van der Waals surface area contributed by atoms with Crippen molar-refractivity contribution in [3.63, 3.8) is 0 Å². The SMILES string of the molecule is CC(C)(c1ccc(O)cc1)c1ccc(C(C)(C)c2ccccc2)c(C(C)(C)c2ccccc2)c1. The van der Waals surface area contributed by atoms with Gasteiger partial charge in [0.15, 0.2) is 0 Å². The zero-order valence-corrected chi connectivity index (χ0v) is 21.3. The van der Waals surface area contributed by atoms with E-state index in [-0.39, 0.29) is 16.2 Å². The first-order valence-electron chi connectivity index (χ1n) is 12.1. The van der Waals surface area contributed by atoms with Crippen LogP contribution >= 0.6 is 0 Å². The van der Waals surface area contributed by atoms with Gasteiger partial charge in [-0.2, -0.15) is 0 Å². The van der Waals surface area contributed by atoms with Gasteiger partial charge in [0, 0.05) is 16.2 Å². The van der Waals surface area contributed by atoms with Crippen LogP contribution in [-0.4, -0.2) is 5.11 Å². The zero-order chi connectivity index (χ0) is 24.6. The first-order valence-corrected chi connectivity index (χ1v) is 12.1. The summed E-state index contributed by atoms with van der Waals surface area (Å²) in [5.41, 5.74) is 7.23. The fourth-order valence-corrected chi connectivity index (χ4v) is 5.06. The summed E-state index contributed by atoms with van der Waals surface area (Å²) < 4.78 is 0. The quantitative estimate of drug-likeness (QED) is 0.314. The fraction of sp³-hybridized carbons (Fsp3) is 0.273. The van der Waals surface area contributed by atoms with Crippen molar-refractivity contribution in [2.24, 2.45) is 0 Å². The van der Waals surface area contributed by atoms with Crippen LogP contribution in [-0.2, 0) is 16.2 Å². The number of benzene rings is 4. The number of aromatic hydroxyl groups is 1. The van der Waals surface area contributed by atoms with Crippen molar-refractivity contribution in [2.45, 2.75) is 57.8 Å². The molecule has 0 amide bonds. The molecule has 1 heteroatoms. The molecular formula is C33H36O. The second kappa shape index (κ2) is 8.80. The minimum atomic E-state index is -0.204. The number of hydrogen-bond donors (Lipinski definition) is 1. The van der Waals surface area contributed by atoms with Gasteiger partial charge in [0.05, 0.1) is 0 Å². The number of phenols is 1. The van der Waals surface area contributed by atoms with E-state index in [1.807, 2.05) is 12.1 Å². The van der Waals surface area contributed by atoms with Gasteiger partial charge in [-0.1, -0.05) is 133 Å². The Labute approximate surface area is 205 Å². The molecule has 4 rings (SSSR count). The molecule has 0 aromatic heterocycles. The van der Waals surface area contributed by atoms with E-state index in [1.165, 1.54) is 33.4 Å². The Kier molecular flexibility index (Phi) is 6.16. The highest BCUT2D eigenvalue weighted by molar-refractivity contribution is 5.53. The van der Waals surface area contributed by atoms with Crippen LogP contribution in [0, 0.1) is 0 Å². The Balaban J connectivity index is 1.94. The minimum Gasteiger partial charge on any atom is -0.508 e. The van der Waals surface area contributed by atoms with Gasteiger partial charge in [-0.05, 0) is 45.5 Å². The highest BCUT2D eigenvalue weighted by atomic mass is 16.3. The Morgan fingerprint density at radius 1 is 0.412 bits per heavy atom. The molecule has 34 heavy (non-hydrogen) atoms. The molecule has 0 saturated carbocycles. The van der Waals surface area contributed by atoms with Crippen molar-refractivity contribution in [2.75, 3.05) is 0 Å². The van der Waals surface area contributed by atoms with Crippen LogP contribution in [0.3, 0.4) is 0 Å². The predicted molar refractivity (Wildman–Crippen MR) is 144 cm³/mol. The maximum atomic E-state index is 9.80. The molecule has 0 heterocycles. The summed E-state index contributed by atoms with van der Waals surface area (Å²) in [5, 5.41) is 9.80. The molecule has 0 bridgehead atoms. The van der Waals surface area contributed by atoms with Gasteiger partial charge < -0.3 is 5.11 Å². The monoisotopic (exact) mass is 448 g/mol. The summed E-state index contributed by atoms with van der Waals surface area (Å²) in [4.78, 5) is 0. The van der Waals surface area contributed by atoms with Crippen LogP contribution in [0.1, 0.15) is 74.9 Å². The lowest BCUT2D eigenvalue weighted by molar-refractivity contribution is 0.474. The second-order valence-corrected chi connectivity index (χ2v) is 10.9. The number of rotatable bonds is 6. The third kappa shape index (κ3) is 4.28.